The molecule has 0 aliphatic rings. The Labute approximate surface area is 107 Å². The van der Waals surface area contributed by atoms with Gasteiger partial charge in [-0.25, -0.2) is 9.97 Å². The van der Waals surface area contributed by atoms with E-state index in [0.29, 0.717) is 11.7 Å². The van der Waals surface area contributed by atoms with Gasteiger partial charge < -0.3 is 10.3 Å². The van der Waals surface area contributed by atoms with E-state index in [0.717, 1.165) is 21.5 Å². The molecule has 0 atom stereocenters. The highest BCUT2D eigenvalue weighted by molar-refractivity contribution is 9.10. The predicted octanol–water partition coefficient (Wildman–Crippen LogP) is 3.14. The number of nitrogens with one attached hydrogen (secondary N) is 2. The Kier molecular flexibility index (Phi) is 3.46. The number of halogens is 2. The van der Waals surface area contributed by atoms with Gasteiger partial charge in [0.15, 0.2) is 0 Å². The second-order valence-corrected chi connectivity index (χ2v) is 4.54. The summed E-state index contributed by atoms with van der Waals surface area (Å²) in [5.41, 5.74) is 2.96. The first kappa shape index (κ1) is 11.4. The first-order valence-electron chi connectivity index (χ1n) is 4.70. The summed E-state index contributed by atoms with van der Waals surface area (Å²) >= 11 is 9.13. The molecule has 84 valence electrons. The molecule has 0 saturated heterocycles. The van der Waals surface area contributed by atoms with E-state index in [-0.39, 0.29) is 0 Å². The fourth-order valence-electron chi connectivity index (χ4n) is 1.27. The van der Waals surface area contributed by atoms with E-state index in [4.69, 9.17) is 11.6 Å². The molecule has 0 aromatic carbocycles. The molecular formula is C10H10BrClN4. The molecule has 16 heavy (non-hydrogen) atoms. The second-order valence-electron chi connectivity index (χ2n) is 3.32. The average molecular weight is 302 g/mol. The Morgan fingerprint density at radius 3 is 2.94 bits per heavy atom. The molecule has 0 aliphatic carbocycles. The molecule has 6 heteroatoms. The summed E-state index contributed by atoms with van der Waals surface area (Å²) in [5, 5.41) is 3.68. The normalized spacial score (nSPS) is 10.4. The maximum Gasteiger partial charge on any atom is 0.143 e. The van der Waals surface area contributed by atoms with Crippen molar-refractivity contribution >= 4 is 33.2 Å². The minimum atomic E-state index is 0.460. The molecule has 0 aliphatic heterocycles. The maximum absolute atomic E-state index is 5.80. The lowest BCUT2D eigenvalue weighted by molar-refractivity contribution is 1.04. The SMILES string of the molecule is Cc1[nH]cnc1CNc1cnc(Cl)c(Br)c1. The lowest BCUT2D eigenvalue weighted by Gasteiger charge is -2.05. The van der Waals surface area contributed by atoms with Crippen molar-refractivity contribution in [1.29, 1.82) is 0 Å². The molecule has 4 nitrogen and oxygen atoms in total. The van der Waals surface area contributed by atoms with Crippen LogP contribution in [0.1, 0.15) is 11.4 Å². The van der Waals surface area contributed by atoms with Crippen molar-refractivity contribution in [2.45, 2.75) is 13.5 Å². The minimum absolute atomic E-state index is 0.460. The molecule has 0 radical (unpaired) electrons. The fraction of sp³-hybridized carbons (Fsp3) is 0.200. The first-order valence-corrected chi connectivity index (χ1v) is 5.87. The molecule has 2 heterocycles. The van der Waals surface area contributed by atoms with E-state index in [2.05, 4.69) is 36.2 Å². The number of pyridine rings is 1. The Hall–Kier alpha value is -1.07. The summed E-state index contributed by atoms with van der Waals surface area (Å²) < 4.78 is 0.776. The number of aromatic nitrogens is 3. The van der Waals surface area contributed by atoms with Gasteiger partial charge >= 0.3 is 0 Å². The van der Waals surface area contributed by atoms with Crippen molar-refractivity contribution in [3.05, 3.63) is 39.6 Å². The van der Waals surface area contributed by atoms with E-state index in [1.165, 1.54) is 0 Å². The third kappa shape index (κ3) is 2.54. The number of rotatable bonds is 3. The third-order valence-corrected chi connectivity index (χ3v) is 3.32. The van der Waals surface area contributed by atoms with Crippen molar-refractivity contribution in [1.82, 2.24) is 15.0 Å². The van der Waals surface area contributed by atoms with E-state index in [1.54, 1.807) is 12.5 Å². The van der Waals surface area contributed by atoms with E-state index in [1.807, 2.05) is 13.0 Å². The smallest absolute Gasteiger partial charge is 0.143 e. The quantitative estimate of drug-likeness (QED) is 0.856. The number of aryl methyl sites for hydroxylation is 1. The van der Waals surface area contributed by atoms with Crippen molar-refractivity contribution in [3.8, 4) is 0 Å². The zero-order valence-corrected chi connectivity index (χ0v) is 10.9. The van der Waals surface area contributed by atoms with Crippen LogP contribution < -0.4 is 5.32 Å². The maximum atomic E-state index is 5.80. The van der Waals surface area contributed by atoms with Crippen LogP contribution in [0.25, 0.3) is 0 Å². The number of hydrogen-bond acceptors (Lipinski definition) is 3. The zero-order valence-electron chi connectivity index (χ0n) is 8.59. The van der Waals surface area contributed by atoms with E-state index < -0.39 is 0 Å². The van der Waals surface area contributed by atoms with Crippen LogP contribution >= 0.6 is 27.5 Å². The summed E-state index contributed by atoms with van der Waals surface area (Å²) in [5.74, 6) is 0. The zero-order chi connectivity index (χ0) is 11.5. The van der Waals surface area contributed by atoms with Gasteiger partial charge in [0.1, 0.15) is 5.15 Å². The molecule has 0 bridgehead atoms. The predicted molar refractivity (Wildman–Crippen MR) is 67.6 cm³/mol. The van der Waals surface area contributed by atoms with Gasteiger partial charge in [-0.3, -0.25) is 0 Å². The van der Waals surface area contributed by atoms with Gasteiger partial charge in [0.05, 0.1) is 34.9 Å². The molecule has 0 saturated carbocycles. The standard InChI is InChI=1S/C10H10BrClN4/c1-6-9(16-5-15-6)4-13-7-2-8(11)10(12)14-3-7/h2-3,5,13H,4H2,1H3,(H,15,16). The molecule has 2 rings (SSSR count). The molecule has 2 aromatic rings. The van der Waals surface area contributed by atoms with Crippen molar-refractivity contribution in [3.63, 3.8) is 0 Å². The van der Waals surface area contributed by atoms with E-state index >= 15 is 0 Å². The Bertz CT molecular complexity index is 497. The Morgan fingerprint density at radius 1 is 1.50 bits per heavy atom. The molecule has 0 amide bonds. The van der Waals surface area contributed by atoms with Crippen LogP contribution in [0.15, 0.2) is 23.1 Å². The number of hydrogen-bond donors (Lipinski definition) is 2. The van der Waals surface area contributed by atoms with Crippen molar-refractivity contribution in [2.75, 3.05) is 5.32 Å². The highest BCUT2D eigenvalue weighted by Gasteiger charge is 2.03. The van der Waals surface area contributed by atoms with Crippen LogP contribution in [0, 0.1) is 6.92 Å². The Morgan fingerprint density at radius 2 is 2.31 bits per heavy atom. The molecule has 2 aromatic heterocycles. The van der Waals surface area contributed by atoms with Crippen LogP contribution in [0.2, 0.25) is 5.15 Å². The number of anilines is 1. The van der Waals surface area contributed by atoms with Gasteiger partial charge in [-0.1, -0.05) is 11.6 Å². The lowest BCUT2D eigenvalue weighted by atomic mass is 10.3. The van der Waals surface area contributed by atoms with Gasteiger partial charge in [0.25, 0.3) is 0 Å². The molecule has 0 unspecified atom stereocenters. The highest BCUT2D eigenvalue weighted by Crippen LogP contribution is 2.23. The topological polar surface area (TPSA) is 53.6 Å². The molecule has 0 spiro atoms. The van der Waals surface area contributed by atoms with Crippen LogP contribution in [0.3, 0.4) is 0 Å². The van der Waals surface area contributed by atoms with Gasteiger partial charge in [-0.2, -0.15) is 0 Å². The largest absolute Gasteiger partial charge is 0.378 e. The summed E-state index contributed by atoms with van der Waals surface area (Å²) in [6, 6.07) is 1.89. The summed E-state index contributed by atoms with van der Waals surface area (Å²) in [6.45, 7) is 2.64. The van der Waals surface area contributed by atoms with Crippen LogP contribution in [-0.4, -0.2) is 15.0 Å². The minimum Gasteiger partial charge on any atom is -0.378 e. The van der Waals surface area contributed by atoms with Gasteiger partial charge in [-0.15, -0.1) is 0 Å². The number of nitrogens with zero attached hydrogens (tertiary/aromatic N) is 2. The fourth-order valence-corrected chi connectivity index (χ4v) is 1.72. The van der Waals surface area contributed by atoms with Crippen molar-refractivity contribution in [2.24, 2.45) is 0 Å². The highest BCUT2D eigenvalue weighted by atomic mass is 79.9. The van der Waals surface area contributed by atoms with E-state index in [9.17, 15) is 0 Å². The molecule has 0 fully saturated rings. The van der Waals surface area contributed by atoms with Crippen molar-refractivity contribution < 1.29 is 0 Å². The first-order chi connectivity index (χ1) is 7.66. The molecular weight excluding hydrogens is 291 g/mol. The average Bonchev–Trinajstić information content (AvgIpc) is 2.66. The number of H-pyrrole nitrogens is 1. The summed E-state index contributed by atoms with van der Waals surface area (Å²) in [4.78, 5) is 11.3. The second kappa shape index (κ2) is 4.84. The Balaban J connectivity index is 2.05. The summed E-state index contributed by atoms with van der Waals surface area (Å²) in [7, 11) is 0. The third-order valence-electron chi connectivity index (χ3n) is 2.19. The van der Waals surface area contributed by atoms with Crippen LogP contribution in [0.5, 0.6) is 0 Å². The lowest BCUT2D eigenvalue weighted by Crippen LogP contribution is -2.01. The number of imidazole rings is 1. The van der Waals surface area contributed by atoms with Crippen LogP contribution in [0.4, 0.5) is 5.69 Å². The van der Waals surface area contributed by atoms with Gasteiger partial charge in [0, 0.05) is 5.69 Å². The van der Waals surface area contributed by atoms with Crippen LogP contribution in [-0.2, 0) is 6.54 Å². The monoisotopic (exact) mass is 300 g/mol. The van der Waals surface area contributed by atoms with Gasteiger partial charge in [0.2, 0.25) is 0 Å². The molecule has 2 N–H and O–H groups in total. The number of aromatic amines is 1. The van der Waals surface area contributed by atoms with Gasteiger partial charge in [-0.05, 0) is 28.9 Å². The summed E-state index contributed by atoms with van der Waals surface area (Å²) in [6.07, 6.45) is 3.37.